The minimum Gasteiger partial charge on any atom is -0.353 e. The van der Waals surface area contributed by atoms with Crippen molar-refractivity contribution in [2.45, 2.75) is 63.8 Å². The van der Waals surface area contributed by atoms with Gasteiger partial charge in [-0.1, -0.05) is 31.4 Å². The normalized spacial score (nSPS) is 23.7. The molecule has 3 rings (SSSR count). The fraction of sp³-hybridized carbons (Fsp3) is 0.571. The zero-order chi connectivity index (χ0) is 18.4. The van der Waals surface area contributed by atoms with Crippen molar-refractivity contribution < 1.29 is 9.59 Å². The molecule has 1 aromatic rings. The molecule has 2 aliphatic rings. The Bertz CT molecular complexity index is 681. The van der Waals surface area contributed by atoms with Crippen LogP contribution in [0.3, 0.4) is 0 Å². The maximum absolute atomic E-state index is 12.5. The Hall–Kier alpha value is -2.35. The molecule has 2 fully saturated rings. The molecule has 26 heavy (non-hydrogen) atoms. The number of hydrogen-bond acceptors (Lipinski definition) is 3. The van der Waals surface area contributed by atoms with E-state index in [-0.39, 0.29) is 23.7 Å². The van der Waals surface area contributed by atoms with Gasteiger partial charge in [0.2, 0.25) is 11.8 Å². The number of para-hydroxylation sites is 1. The van der Waals surface area contributed by atoms with Crippen LogP contribution in [0.5, 0.6) is 0 Å². The zero-order valence-corrected chi connectivity index (χ0v) is 15.2. The van der Waals surface area contributed by atoms with Gasteiger partial charge in [-0.2, -0.15) is 5.26 Å². The molecule has 0 radical (unpaired) electrons. The van der Waals surface area contributed by atoms with Crippen molar-refractivity contribution in [1.29, 1.82) is 5.26 Å². The van der Waals surface area contributed by atoms with Crippen LogP contribution in [0.4, 0.5) is 5.69 Å². The molecule has 5 nitrogen and oxygen atoms in total. The van der Waals surface area contributed by atoms with E-state index in [1.165, 1.54) is 19.3 Å². The first-order valence-electron chi connectivity index (χ1n) is 9.77. The number of nitriles is 1. The third-order valence-corrected chi connectivity index (χ3v) is 5.73. The van der Waals surface area contributed by atoms with Gasteiger partial charge in [0.15, 0.2) is 0 Å². The van der Waals surface area contributed by atoms with E-state index in [1.54, 1.807) is 18.2 Å². The molecule has 0 heterocycles. The van der Waals surface area contributed by atoms with E-state index in [2.05, 4.69) is 16.7 Å². The van der Waals surface area contributed by atoms with Crippen molar-refractivity contribution >= 4 is 17.5 Å². The maximum Gasteiger partial charge on any atom is 0.227 e. The molecule has 0 aromatic heterocycles. The Kier molecular flexibility index (Phi) is 6.27. The van der Waals surface area contributed by atoms with Gasteiger partial charge >= 0.3 is 0 Å². The molecule has 1 aromatic carbocycles. The lowest BCUT2D eigenvalue weighted by atomic mass is 9.80. The van der Waals surface area contributed by atoms with E-state index in [9.17, 15) is 9.59 Å². The van der Waals surface area contributed by atoms with E-state index in [0.717, 1.165) is 38.5 Å². The molecule has 0 bridgehead atoms. The van der Waals surface area contributed by atoms with Crippen LogP contribution >= 0.6 is 0 Å². The van der Waals surface area contributed by atoms with Crippen LogP contribution in [0.2, 0.25) is 0 Å². The summed E-state index contributed by atoms with van der Waals surface area (Å²) in [5.41, 5.74) is 1.04. The van der Waals surface area contributed by atoms with Gasteiger partial charge in [0.25, 0.3) is 0 Å². The third-order valence-electron chi connectivity index (χ3n) is 5.73. The van der Waals surface area contributed by atoms with Gasteiger partial charge in [0.05, 0.1) is 11.3 Å². The van der Waals surface area contributed by atoms with Crippen molar-refractivity contribution in [3.8, 4) is 6.07 Å². The lowest BCUT2D eigenvalue weighted by molar-refractivity contribution is -0.129. The summed E-state index contributed by atoms with van der Waals surface area (Å²) in [6.07, 6.45) is 8.87. The van der Waals surface area contributed by atoms with Gasteiger partial charge < -0.3 is 10.6 Å². The second kappa shape index (κ2) is 8.84. The van der Waals surface area contributed by atoms with Crippen LogP contribution in [0.25, 0.3) is 0 Å². The van der Waals surface area contributed by atoms with Gasteiger partial charge in [0.1, 0.15) is 6.07 Å². The topological polar surface area (TPSA) is 82.0 Å². The van der Waals surface area contributed by atoms with Gasteiger partial charge in [-0.05, 0) is 50.7 Å². The first-order chi connectivity index (χ1) is 12.7. The molecule has 2 aliphatic carbocycles. The van der Waals surface area contributed by atoms with E-state index in [4.69, 9.17) is 5.26 Å². The van der Waals surface area contributed by atoms with Gasteiger partial charge in [-0.25, -0.2) is 0 Å². The summed E-state index contributed by atoms with van der Waals surface area (Å²) in [5.74, 6) is 0.0808. The van der Waals surface area contributed by atoms with Gasteiger partial charge in [0, 0.05) is 17.9 Å². The predicted octanol–water partition coefficient (Wildman–Crippen LogP) is 3.75. The molecule has 2 saturated carbocycles. The minimum absolute atomic E-state index is 0.0346. The van der Waals surface area contributed by atoms with Gasteiger partial charge in [-0.3, -0.25) is 9.59 Å². The third kappa shape index (κ3) is 4.63. The Morgan fingerprint density at radius 2 is 1.50 bits per heavy atom. The number of nitrogens with one attached hydrogen (secondary N) is 2. The number of carbonyl (C=O) groups excluding carboxylic acids is 2. The number of benzene rings is 1. The molecule has 0 unspecified atom stereocenters. The average Bonchev–Trinajstić information content (AvgIpc) is 2.69. The standard InChI is InChI=1S/C21H27N3O2/c22-14-17-6-4-5-9-19(17)24-21(26)16-12-10-15(11-13-16)20(25)23-18-7-2-1-3-8-18/h4-6,9,15-16,18H,1-3,7-8,10-13H2,(H,23,25)(H,24,26). The molecule has 0 saturated heterocycles. The summed E-state index contributed by atoms with van der Waals surface area (Å²) in [6, 6.07) is 9.48. The van der Waals surface area contributed by atoms with E-state index in [1.807, 2.05) is 6.07 Å². The summed E-state index contributed by atoms with van der Waals surface area (Å²) in [5, 5.41) is 15.2. The summed E-state index contributed by atoms with van der Waals surface area (Å²) in [6.45, 7) is 0. The number of rotatable bonds is 4. The number of anilines is 1. The average molecular weight is 353 g/mol. The molecule has 5 heteroatoms. The monoisotopic (exact) mass is 353 g/mol. The van der Waals surface area contributed by atoms with E-state index < -0.39 is 0 Å². The zero-order valence-electron chi connectivity index (χ0n) is 15.2. The highest BCUT2D eigenvalue weighted by molar-refractivity contribution is 5.94. The van der Waals surface area contributed by atoms with Gasteiger partial charge in [-0.15, -0.1) is 0 Å². The SMILES string of the molecule is N#Cc1ccccc1NC(=O)C1CCC(C(=O)NC2CCCCC2)CC1. The van der Waals surface area contributed by atoms with Crippen molar-refractivity contribution in [3.05, 3.63) is 29.8 Å². The first kappa shape index (κ1) is 18.4. The smallest absolute Gasteiger partial charge is 0.227 e. The first-order valence-corrected chi connectivity index (χ1v) is 9.77. The van der Waals surface area contributed by atoms with Crippen molar-refractivity contribution in [2.75, 3.05) is 5.32 Å². The summed E-state index contributed by atoms with van der Waals surface area (Å²) in [7, 11) is 0. The van der Waals surface area contributed by atoms with Crippen LogP contribution < -0.4 is 10.6 Å². The largest absolute Gasteiger partial charge is 0.353 e. The number of hydrogen-bond donors (Lipinski definition) is 2. The summed E-state index contributed by atoms with van der Waals surface area (Å²) >= 11 is 0. The van der Waals surface area contributed by atoms with Crippen LogP contribution in [0, 0.1) is 23.2 Å². The fourth-order valence-corrected chi connectivity index (χ4v) is 4.11. The quantitative estimate of drug-likeness (QED) is 0.865. The second-order valence-electron chi connectivity index (χ2n) is 7.54. The Balaban J connectivity index is 1.47. The van der Waals surface area contributed by atoms with Crippen molar-refractivity contribution in [3.63, 3.8) is 0 Å². The summed E-state index contributed by atoms with van der Waals surface area (Å²) < 4.78 is 0. The van der Waals surface area contributed by atoms with E-state index >= 15 is 0 Å². The number of nitrogens with zero attached hydrogens (tertiary/aromatic N) is 1. The Labute approximate surface area is 155 Å². The van der Waals surface area contributed by atoms with Crippen LogP contribution in [0.1, 0.15) is 63.4 Å². The predicted molar refractivity (Wildman–Crippen MR) is 100 cm³/mol. The number of amides is 2. The second-order valence-corrected chi connectivity index (χ2v) is 7.54. The lowest BCUT2D eigenvalue weighted by Gasteiger charge is -2.30. The van der Waals surface area contributed by atoms with Crippen LogP contribution in [-0.2, 0) is 9.59 Å². The fourth-order valence-electron chi connectivity index (χ4n) is 4.11. The van der Waals surface area contributed by atoms with Crippen LogP contribution in [0.15, 0.2) is 24.3 Å². The number of carbonyl (C=O) groups is 2. The maximum atomic E-state index is 12.5. The lowest BCUT2D eigenvalue weighted by Crippen LogP contribution is -2.41. The van der Waals surface area contributed by atoms with E-state index in [0.29, 0.717) is 17.3 Å². The van der Waals surface area contributed by atoms with Crippen molar-refractivity contribution in [1.82, 2.24) is 5.32 Å². The highest BCUT2D eigenvalue weighted by Crippen LogP contribution is 2.30. The van der Waals surface area contributed by atoms with Crippen LogP contribution in [-0.4, -0.2) is 17.9 Å². The highest BCUT2D eigenvalue weighted by Gasteiger charge is 2.31. The highest BCUT2D eigenvalue weighted by atomic mass is 16.2. The summed E-state index contributed by atoms with van der Waals surface area (Å²) in [4.78, 5) is 25.0. The molecule has 0 aliphatic heterocycles. The Morgan fingerprint density at radius 1 is 0.885 bits per heavy atom. The molecule has 0 spiro atoms. The molecule has 138 valence electrons. The molecular weight excluding hydrogens is 326 g/mol. The molecular formula is C21H27N3O2. The molecule has 2 amide bonds. The molecule has 2 N–H and O–H groups in total. The minimum atomic E-state index is -0.0829. The Morgan fingerprint density at radius 3 is 2.15 bits per heavy atom. The van der Waals surface area contributed by atoms with Crippen molar-refractivity contribution in [2.24, 2.45) is 11.8 Å². The molecule has 0 atom stereocenters.